The standard InChI is InChI=1S/C16H25NO2/c1-6-10-17-15(18)12(2)19-14-9-7-8-13(11-14)16(3,4)5/h7-9,11-12H,6,10H2,1-5H3,(H,17,18)/t12-/m1/s1. The van der Waals surface area contributed by atoms with E-state index in [1.54, 1.807) is 6.92 Å². The van der Waals surface area contributed by atoms with Crippen molar-refractivity contribution < 1.29 is 9.53 Å². The number of amides is 1. The van der Waals surface area contributed by atoms with E-state index >= 15 is 0 Å². The molecule has 106 valence electrons. The molecule has 1 N–H and O–H groups in total. The van der Waals surface area contributed by atoms with Crippen LogP contribution in [0, 0.1) is 0 Å². The summed E-state index contributed by atoms with van der Waals surface area (Å²) in [4.78, 5) is 11.8. The average Bonchev–Trinajstić information content (AvgIpc) is 2.35. The molecule has 0 aliphatic rings. The molecule has 0 radical (unpaired) electrons. The van der Waals surface area contributed by atoms with Crippen molar-refractivity contribution in [3.05, 3.63) is 29.8 Å². The van der Waals surface area contributed by atoms with Crippen LogP contribution in [0.25, 0.3) is 0 Å². The van der Waals surface area contributed by atoms with E-state index in [4.69, 9.17) is 4.74 Å². The summed E-state index contributed by atoms with van der Waals surface area (Å²) >= 11 is 0. The molecule has 0 saturated carbocycles. The van der Waals surface area contributed by atoms with Gasteiger partial charge in [-0.2, -0.15) is 0 Å². The molecule has 3 nitrogen and oxygen atoms in total. The Labute approximate surface area is 116 Å². The summed E-state index contributed by atoms with van der Waals surface area (Å²) in [6.45, 7) is 11.0. The number of hydrogen-bond acceptors (Lipinski definition) is 2. The number of rotatable bonds is 5. The molecule has 0 bridgehead atoms. The predicted octanol–water partition coefficient (Wildman–Crippen LogP) is 3.28. The van der Waals surface area contributed by atoms with Crippen LogP contribution in [0.1, 0.15) is 46.6 Å². The molecule has 1 atom stereocenters. The minimum Gasteiger partial charge on any atom is -0.481 e. The highest BCUT2D eigenvalue weighted by molar-refractivity contribution is 5.80. The van der Waals surface area contributed by atoms with Gasteiger partial charge in [-0.25, -0.2) is 0 Å². The van der Waals surface area contributed by atoms with Gasteiger partial charge in [0, 0.05) is 6.54 Å². The molecule has 19 heavy (non-hydrogen) atoms. The van der Waals surface area contributed by atoms with Crippen LogP contribution in [0.4, 0.5) is 0 Å². The second-order valence-electron chi connectivity index (χ2n) is 5.83. The Bertz CT molecular complexity index is 421. The smallest absolute Gasteiger partial charge is 0.260 e. The summed E-state index contributed by atoms with van der Waals surface area (Å²) in [7, 11) is 0. The van der Waals surface area contributed by atoms with Crippen molar-refractivity contribution in [1.29, 1.82) is 0 Å². The van der Waals surface area contributed by atoms with Crippen molar-refractivity contribution in [2.45, 2.75) is 52.6 Å². The number of carbonyl (C=O) groups excluding carboxylic acids is 1. The van der Waals surface area contributed by atoms with Crippen LogP contribution in [0.5, 0.6) is 5.75 Å². The topological polar surface area (TPSA) is 38.3 Å². The fourth-order valence-electron chi connectivity index (χ4n) is 1.69. The first-order valence-corrected chi connectivity index (χ1v) is 6.89. The third kappa shape index (κ3) is 4.93. The highest BCUT2D eigenvalue weighted by atomic mass is 16.5. The molecule has 0 heterocycles. The number of nitrogens with one attached hydrogen (secondary N) is 1. The second-order valence-corrected chi connectivity index (χ2v) is 5.83. The van der Waals surface area contributed by atoms with Crippen LogP contribution in [-0.4, -0.2) is 18.6 Å². The number of benzene rings is 1. The van der Waals surface area contributed by atoms with Crippen molar-refractivity contribution in [2.24, 2.45) is 0 Å². The van der Waals surface area contributed by atoms with Gasteiger partial charge in [0.25, 0.3) is 5.91 Å². The molecule has 0 aliphatic heterocycles. The Hall–Kier alpha value is -1.51. The van der Waals surface area contributed by atoms with Crippen molar-refractivity contribution >= 4 is 5.91 Å². The van der Waals surface area contributed by atoms with Crippen molar-refractivity contribution in [3.63, 3.8) is 0 Å². The molecule has 1 rings (SSSR count). The Morgan fingerprint density at radius 1 is 1.37 bits per heavy atom. The number of carbonyl (C=O) groups is 1. The summed E-state index contributed by atoms with van der Waals surface area (Å²) < 4.78 is 5.70. The maximum absolute atomic E-state index is 11.8. The third-order valence-electron chi connectivity index (χ3n) is 2.93. The van der Waals surface area contributed by atoms with E-state index in [1.165, 1.54) is 5.56 Å². The zero-order valence-electron chi connectivity index (χ0n) is 12.6. The second kappa shape index (κ2) is 6.60. The molecular formula is C16H25NO2. The Morgan fingerprint density at radius 2 is 2.05 bits per heavy atom. The molecule has 0 aliphatic carbocycles. The molecule has 0 unspecified atom stereocenters. The molecule has 1 aromatic carbocycles. The van der Waals surface area contributed by atoms with Crippen LogP contribution in [0.15, 0.2) is 24.3 Å². The third-order valence-corrected chi connectivity index (χ3v) is 2.93. The van der Waals surface area contributed by atoms with E-state index in [9.17, 15) is 4.79 Å². The van der Waals surface area contributed by atoms with Crippen molar-refractivity contribution in [2.75, 3.05) is 6.54 Å². The van der Waals surface area contributed by atoms with Crippen LogP contribution in [0.2, 0.25) is 0 Å². The fourth-order valence-corrected chi connectivity index (χ4v) is 1.69. The quantitative estimate of drug-likeness (QED) is 0.885. The van der Waals surface area contributed by atoms with E-state index in [0.717, 1.165) is 12.2 Å². The van der Waals surface area contributed by atoms with Gasteiger partial charge in [-0.1, -0.05) is 39.8 Å². The number of ether oxygens (including phenoxy) is 1. The van der Waals surface area contributed by atoms with Crippen LogP contribution < -0.4 is 10.1 Å². The maximum atomic E-state index is 11.8. The molecule has 1 amide bonds. The first-order chi connectivity index (χ1) is 8.84. The van der Waals surface area contributed by atoms with E-state index in [2.05, 4.69) is 32.2 Å². The zero-order chi connectivity index (χ0) is 14.5. The minimum atomic E-state index is -0.471. The predicted molar refractivity (Wildman–Crippen MR) is 78.5 cm³/mol. The van der Waals surface area contributed by atoms with Gasteiger partial charge in [0.15, 0.2) is 6.10 Å². The fraction of sp³-hybridized carbons (Fsp3) is 0.562. The lowest BCUT2D eigenvalue weighted by atomic mass is 9.87. The van der Waals surface area contributed by atoms with Gasteiger partial charge in [-0.3, -0.25) is 4.79 Å². The summed E-state index contributed by atoms with van der Waals surface area (Å²) in [5, 5.41) is 2.83. The largest absolute Gasteiger partial charge is 0.481 e. The van der Waals surface area contributed by atoms with Crippen LogP contribution >= 0.6 is 0 Å². The SMILES string of the molecule is CCCNC(=O)[C@@H](C)Oc1cccc(C(C)(C)C)c1. The van der Waals surface area contributed by atoms with Gasteiger partial charge in [0.1, 0.15) is 5.75 Å². The molecule has 0 saturated heterocycles. The van der Waals surface area contributed by atoms with Gasteiger partial charge in [-0.15, -0.1) is 0 Å². The molecule has 0 fully saturated rings. The van der Waals surface area contributed by atoms with Crippen molar-refractivity contribution in [1.82, 2.24) is 5.32 Å². The lowest BCUT2D eigenvalue weighted by molar-refractivity contribution is -0.127. The van der Waals surface area contributed by atoms with Crippen LogP contribution in [0.3, 0.4) is 0 Å². The molecular weight excluding hydrogens is 238 g/mol. The van der Waals surface area contributed by atoms with Gasteiger partial charge in [0.2, 0.25) is 0 Å². The van der Waals surface area contributed by atoms with Crippen molar-refractivity contribution in [3.8, 4) is 5.75 Å². The Morgan fingerprint density at radius 3 is 2.63 bits per heavy atom. The first kappa shape index (κ1) is 15.5. The van der Waals surface area contributed by atoms with Crippen LogP contribution in [-0.2, 0) is 10.2 Å². The van der Waals surface area contributed by atoms with Gasteiger partial charge in [-0.05, 0) is 36.5 Å². The Kier molecular flexibility index (Phi) is 5.40. The summed E-state index contributed by atoms with van der Waals surface area (Å²) in [6, 6.07) is 7.93. The highest BCUT2D eigenvalue weighted by Crippen LogP contribution is 2.26. The maximum Gasteiger partial charge on any atom is 0.260 e. The van der Waals surface area contributed by atoms with E-state index < -0.39 is 6.10 Å². The van der Waals surface area contributed by atoms with Gasteiger partial charge >= 0.3 is 0 Å². The van der Waals surface area contributed by atoms with E-state index in [1.807, 2.05) is 25.1 Å². The summed E-state index contributed by atoms with van der Waals surface area (Å²) in [5.74, 6) is 0.676. The normalized spacial score (nSPS) is 12.9. The number of hydrogen-bond donors (Lipinski definition) is 1. The molecule has 0 spiro atoms. The average molecular weight is 263 g/mol. The lowest BCUT2D eigenvalue weighted by Crippen LogP contribution is -2.36. The van der Waals surface area contributed by atoms with E-state index in [0.29, 0.717) is 6.54 Å². The lowest BCUT2D eigenvalue weighted by Gasteiger charge is -2.21. The first-order valence-electron chi connectivity index (χ1n) is 6.89. The molecule has 1 aromatic rings. The van der Waals surface area contributed by atoms with E-state index in [-0.39, 0.29) is 11.3 Å². The monoisotopic (exact) mass is 263 g/mol. The molecule has 3 heteroatoms. The van der Waals surface area contributed by atoms with Gasteiger partial charge in [0.05, 0.1) is 0 Å². The highest BCUT2D eigenvalue weighted by Gasteiger charge is 2.17. The summed E-state index contributed by atoms with van der Waals surface area (Å²) in [5.41, 5.74) is 1.28. The summed E-state index contributed by atoms with van der Waals surface area (Å²) in [6.07, 6.45) is 0.458. The van der Waals surface area contributed by atoms with Gasteiger partial charge < -0.3 is 10.1 Å². The minimum absolute atomic E-state index is 0.0667. The Balaban J connectivity index is 2.69. The molecule has 0 aromatic heterocycles. The zero-order valence-corrected chi connectivity index (χ0v) is 12.6.